The van der Waals surface area contributed by atoms with Crippen molar-refractivity contribution in [1.82, 2.24) is 0 Å². The van der Waals surface area contributed by atoms with Crippen molar-refractivity contribution in [2.45, 2.75) is 110 Å². The molecule has 0 heterocycles. The van der Waals surface area contributed by atoms with Crippen molar-refractivity contribution in [3.8, 4) is 11.1 Å². The first-order valence-electron chi connectivity index (χ1n) is 15.7. The lowest BCUT2D eigenvalue weighted by atomic mass is 9.70. The molecule has 1 aliphatic rings. The smallest absolute Gasteiger partial charge is 0.0576 e. The van der Waals surface area contributed by atoms with Crippen molar-refractivity contribution in [3.05, 3.63) is 82.4 Å². The number of hydrogen-bond donors (Lipinski definition) is 2. The second-order valence-corrected chi connectivity index (χ2v) is 12.0. The lowest BCUT2D eigenvalue weighted by molar-refractivity contribution is 0.401. The monoisotopic (exact) mass is 524 g/mol. The third-order valence-corrected chi connectivity index (χ3v) is 9.07. The van der Waals surface area contributed by atoms with Gasteiger partial charge in [0.2, 0.25) is 0 Å². The molecule has 0 atom stereocenters. The summed E-state index contributed by atoms with van der Waals surface area (Å²) in [5, 5.41) is 6.64. The summed E-state index contributed by atoms with van der Waals surface area (Å²) in [4.78, 5) is 0. The molecular weight excluding hydrogens is 472 g/mol. The maximum atomic E-state index is 3.35. The fraction of sp³-hybridized carbons (Fsp3) is 0.514. The third-order valence-electron chi connectivity index (χ3n) is 9.07. The molecule has 2 N–H and O–H groups in total. The van der Waals surface area contributed by atoms with Gasteiger partial charge >= 0.3 is 0 Å². The van der Waals surface area contributed by atoms with Crippen molar-refractivity contribution in [1.29, 1.82) is 0 Å². The summed E-state index contributed by atoms with van der Waals surface area (Å²) in [6, 6.07) is 21.3. The molecule has 2 heteroatoms. The van der Waals surface area contributed by atoms with E-state index in [0.29, 0.717) is 0 Å². The van der Waals surface area contributed by atoms with Crippen LogP contribution in [0.15, 0.2) is 54.6 Å². The fourth-order valence-corrected chi connectivity index (χ4v) is 6.87. The zero-order valence-corrected chi connectivity index (χ0v) is 25.4. The van der Waals surface area contributed by atoms with Crippen molar-refractivity contribution in [3.63, 3.8) is 0 Å². The van der Waals surface area contributed by atoms with Crippen LogP contribution in [-0.2, 0) is 11.8 Å². The number of nitrogens with one attached hydrogen (secondary N) is 2. The van der Waals surface area contributed by atoms with Gasteiger partial charge < -0.3 is 10.6 Å². The minimum absolute atomic E-state index is 0.150. The molecule has 39 heavy (non-hydrogen) atoms. The Kier molecular flexibility index (Phi) is 10.5. The molecular formula is C37H52N2. The molecule has 0 aliphatic heterocycles. The predicted molar refractivity (Wildman–Crippen MR) is 172 cm³/mol. The summed E-state index contributed by atoms with van der Waals surface area (Å²) in [6.07, 6.45) is 17.1. The standard InChI is InChI=1S/C37H52N2/c1-6-7-8-9-10-11-12-14-23-37(24-15-13-16-30-19-22-35(38-4)36(27-30)39-5)33-25-28(2)17-20-31(33)32-21-18-29(3)26-34(32)37/h17-22,25-27,38-39H,6-16,23-24H2,1-5H3. The second kappa shape index (κ2) is 14.1. The highest BCUT2D eigenvalue weighted by atomic mass is 14.9. The Morgan fingerprint density at radius 1 is 0.564 bits per heavy atom. The normalized spacial score (nSPS) is 13.3. The first kappa shape index (κ1) is 29.2. The van der Waals surface area contributed by atoms with E-state index in [2.05, 4.69) is 86.0 Å². The van der Waals surface area contributed by atoms with Crippen molar-refractivity contribution in [2.75, 3.05) is 24.7 Å². The van der Waals surface area contributed by atoms with Gasteiger partial charge in [0, 0.05) is 19.5 Å². The zero-order valence-electron chi connectivity index (χ0n) is 25.4. The van der Waals surface area contributed by atoms with Crippen LogP contribution in [0.25, 0.3) is 11.1 Å². The van der Waals surface area contributed by atoms with Gasteiger partial charge in [-0.05, 0) is 79.5 Å². The Labute approximate surface area is 239 Å². The SMILES string of the molecule is CCCCCCCCCCC1(CCCCc2ccc(NC)c(NC)c2)c2cc(C)ccc2-c2ccc(C)cc21. The Balaban J connectivity index is 1.51. The molecule has 0 aromatic heterocycles. The van der Waals surface area contributed by atoms with Gasteiger partial charge in [-0.25, -0.2) is 0 Å². The second-order valence-electron chi connectivity index (χ2n) is 12.0. The van der Waals surface area contributed by atoms with Crippen LogP contribution in [-0.4, -0.2) is 14.1 Å². The summed E-state index contributed by atoms with van der Waals surface area (Å²) in [5.74, 6) is 0. The molecule has 0 saturated carbocycles. The Morgan fingerprint density at radius 2 is 1.10 bits per heavy atom. The van der Waals surface area contributed by atoms with Crippen LogP contribution >= 0.6 is 0 Å². The van der Waals surface area contributed by atoms with E-state index in [1.807, 2.05) is 14.1 Å². The first-order chi connectivity index (χ1) is 19.0. The van der Waals surface area contributed by atoms with Gasteiger partial charge in [0.05, 0.1) is 11.4 Å². The quantitative estimate of drug-likeness (QED) is 0.182. The van der Waals surface area contributed by atoms with Crippen LogP contribution in [0.2, 0.25) is 0 Å². The number of rotatable bonds is 16. The summed E-state index contributed by atoms with van der Waals surface area (Å²) in [6.45, 7) is 6.84. The van der Waals surface area contributed by atoms with Crippen molar-refractivity contribution < 1.29 is 0 Å². The fourth-order valence-electron chi connectivity index (χ4n) is 6.87. The molecule has 2 nitrogen and oxygen atoms in total. The molecule has 210 valence electrons. The number of benzene rings is 3. The number of anilines is 2. The Morgan fingerprint density at radius 3 is 1.67 bits per heavy atom. The summed E-state index contributed by atoms with van der Waals surface area (Å²) in [5.41, 5.74) is 12.9. The Bertz CT molecular complexity index is 1160. The molecule has 0 saturated heterocycles. The number of hydrogen-bond acceptors (Lipinski definition) is 2. The van der Waals surface area contributed by atoms with Gasteiger partial charge in [-0.1, -0.05) is 118 Å². The number of aryl methyl sites for hydroxylation is 3. The van der Waals surface area contributed by atoms with Crippen LogP contribution in [0.4, 0.5) is 11.4 Å². The Hall–Kier alpha value is -2.74. The van der Waals surface area contributed by atoms with Crippen LogP contribution < -0.4 is 10.6 Å². The molecule has 1 aliphatic carbocycles. The van der Waals surface area contributed by atoms with Crippen LogP contribution in [0, 0.1) is 13.8 Å². The minimum atomic E-state index is 0.150. The molecule has 4 rings (SSSR count). The van der Waals surface area contributed by atoms with Gasteiger partial charge in [0.15, 0.2) is 0 Å². The minimum Gasteiger partial charge on any atom is -0.386 e. The predicted octanol–water partition coefficient (Wildman–Crippen LogP) is 10.6. The molecule has 0 amide bonds. The molecule has 0 fully saturated rings. The lowest BCUT2D eigenvalue weighted by Crippen LogP contribution is -2.26. The zero-order chi connectivity index (χ0) is 27.7. The van der Waals surface area contributed by atoms with Gasteiger partial charge in [0.25, 0.3) is 0 Å². The van der Waals surface area contributed by atoms with E-state index in [4.69, 9.17) is 0 Å². The van der Waals surface area contributed by atoms with Crippen LogP contribution in [0.3, 0.4) is 0 Å². The summed E-state index contributed by atoms with van der Waals surface area (Å²) in [7, 11) is 4.00. The van der Waals surface area contributed by atoms with Crippen LogP contribution in [0.5, 0.6) is 0 Å². The van der Waals surface area contributed by atoms with E-state index in [-0.39, 0.29) is 5.41 Å². The average Bonchev–Trinajstić information content (AvgIpc) is 3.20. The molecule has 0 unspecified atom stereocenters. The summed E-state index contributed by atoms with van der Waals surface area (Å²) >= 11 is 0. The highest BCUT2D eigenvalue weighted by Gasteiger charge is 2.42. The third kappa shape index (κ3) is 6.89. The van der Waals surface area contributed by atoms with Gasteiger partial charge in [-0.2, -0.15) is 0 Å². The maximum Gasteiger partial charge on any atom is 0.0576 e. The van der Waals surface area contributed by atoms with Crippen LogP contribution in [0.1, 0.15) is 112 Å². The van der Waals surface area contributed by atoms with Gasteiger partial charge in [-0.3, -0.25) is 0 Å². The number of fused-ring (bicyclic) bond motifs is 3. The molecule has 0 spiro atoms. The van der Waals surface area contributed by atoms with E-state index >= 15 is 0 Å². The van der Waals surface area contributed by atoms with E-state index in [0.717, 1.165) is 12.1 Å². The van der Waals surface area contributed by atoms with E-state index in [1.54, 1.807) is 11.1 Å². The first-order valence-corrected chi connectivity index (χ1v) is 15.7. The molecule has 3 aromatic rings. The molecule has 0 radical (unpaired) electrons. The van der Waals surface area contributed by atoms with Crippen molar-refractivity contribution >= 4 is 11.4 Å². The van der Waals surface area contributed by atoms with Crippen molar-refractivity contribution in [2.24, 2.45) is 0 Å². The van der Waals surface area contributed by atoms with Gasteiger partial charge in [-0.15, -0.1) is 0 Å². The maximum absolute atomic E-state index is 3.35. The average molecular weight is 525 g/mol. The topological polar surface area (TPSA) is 24.1 Å². The highest BCUT2D eigenvalue weighted by Crippen LogP contribution is 2.54. The number of unbranched alkanes of at least 4 members (excludes halogenated alkanes) is 8. The molecule has 3 aromatic carbocycles. The van der Waals surface area contributed by atoms with E-state index in [9.17, 15) is 0 Å². The van der Waals surface area contributed by atoms with Gasteiger partial charge in [0.1, 0.15) is 0 Å². The summed E-state index contributed by atoms with van der Waals surface area (Å²) < 4.78 is 0. The van der Waals surface area contributed by atoms with E-state index in [1.165, 1.54) is 111 Å². The largest absolute Gasteiger partial charge is 0.386 e. The highest BCUT2D eigenvalue weighted by molar-refractivity contribution is 5.81. The van der Waals surface area contributed by atoms with E-state index < -0.39 is 0 Å². The lowest BCUT2D eigenvalue weighted by Gasteiger charge is -2.33. The molecule has 0 bridgehead atoms.